The van der Waals surface area contributed by atoms with Crippen LogP contribution in [0.15, 0.2) is 18.2 Å². The van der Waals surface area contributed by atoms with Gasteiger partial charge in [0.1, 0.15) is 0 Å². The number of hydrogen-bond acceptors (Lipinski definition) is 2. The van der Waals surface area contributed by atoms with Gasteiger partial charge in [-0.1, -0.05) is 12.1 Å². The van der Waals surface area contributed by atoms with Gasteiger partial charge in [0, 0.05) is 12.0 Å². The van der Waals surface area contributed by atoms with E-state index in [4.69, 9.17) is 0 Å². The molecule has 0 spiro atoms. The molecule has 1 aromatic carbocycles. The highest BCUT2D eigenvalue weighted by atomic mass is 16.1. The highest BCUT2D eigenvalue weighted by Crippen LogP contribution is 2.23. The molecule has 1 N–H and O–H groups in total. The van der Waals surface area contributed by atoms with Crippen molar-refractivity contribution in [1.29, 1.82) is 0 Å². The van der Waals surface area contributed by atoms with Crippen LogP contribution in [0.25, 0.3) is 0 Å². The van der Waals surface area contributed by atoms with Crippen LogP contribution in [0, 0.1) is 0 Å². The largest absolute Gasteiger partial charge is 0.320 e. The first kappa shape index (κ1) is 11.3. The Labute approximate surface area is 97.1 Å². The number of benzene rings is 1. The maximum atomic E-state index is 11.9. The predicted octanol–water partition coefficient (Wildman–Crippen LogP) is 2.36. The Kier molecular flexibility index (Phi) is 3.73. The fourth-order valence-corrected chi connectivity index (χ4v) is 2.32. The van der Waals surface area contributed by atoms with Gasteiger partial charge < -0.3 is 5.32 Å². The van der Waals surface area contributed by atoms with Crippen LogP contribution in [0.5, 0.6) is 0 Å². The zero-order chi connectivity index (χ0) is 11.4. The Morgan fingerprint density at radius 1 is 1.31 bits per heavy atom. The van der Waals surface area contributed by atoms with Gasteiger partial charge in [0.2, 0.25) is 0 Å². The molecule has 0 aromatic heterocycles. The van der Waals surface area contributed by atoms with E-state index in [-0.39, 0.29) is 5.78 Å². The second-order valence-electron chi connectivity index (χ2n) is 4.47. The number of hydrogen-bond donors (Lipinski definition) is 1. The van der Waals surface area contributed by atoms with E-state index in [0.717, 1.165) is 24.9 Å². The molecule has 1 aromatic rings. The lowest BCUT2D eigenvalue weighted by atomic mass is 10.0. The molecule has 0 bridgehead atoms. The zero-order valence-electron chi connectivity index (χ0n) is 9.88. The summed E-state index contributed by atoms with van der Waals surface area (Å²) in [5, 5.41) is 3.06. The number of carbonyl (C=O) groups excluding carboxylic acids is 1. The number of rotatable bonds is 5. The molecule has 16 heavy (non-hydrogen) atoms. The van der Waals surface area contributed by atoms with Crippen LogP contribution >= 0.6 is 0 Å². The van der Waals surface area contributed by atoms with E-state index in [0.29, 0.717) is 6.42 Å². The normalized spacial score (nSPS) is 13.8. The Hall–Kier alpha value is -1.15. The van der Waals surface area contributed by atoms with Crippen LogP contribution in [0.4, 0.5) is 0 Å². The fraction of sp³-hybridized carbons (Fsp3) is 0.500. The molecule has 2 nitrogen and oxygen atoms in total. The molecule has 0 saturated carbocycles. The number of ketones is 1. The molecule has 2 rings (SSSR count). The van der Waals surface area contributed by atoms with Crippen LogP contribution in [0.2, 0.25) is 0 Å². The van der Waals surface area contributed by atoms with Crippen molar-refractivity contribution in [3.8, 4) is 0 Å². The van der Waals surface area contributed by atoms with E-state index in [1.54, 1.807) is 0 Å². The third-order valence-electron chi connectivity index (χ3n) is 3.25. The van der Waals surface area contributed by atoms with E-state index in [1.807, 2.05) is 13.1 Å². The van der Waals surface area contributed by atoms with Crippen molar-refractivity contribution in [2.24, 2.45) is 0 Å². The SMILES string of the molecule is CNCCCC(=O)c1ccc2c(c1)CCC2. The first-order chi connectivity index (χ1) is 7.81. The van der Waals surface area contributed by atoms with Gasteiger partial charge in [0.25, 0.3) is 0 Å². The summed E-state index contributed by atoms with van der Waals surface area (Å²) < 4.78 is 0. The number of carbonyl (C=O) groups is 1. The van der Waals surface area contributed by atoms with Gasteiger partial charge in [-0.3, -0.25) is 4.79 Å². The third-order valence-corrected chi connectivity index (χ3v) is 3.25. The molecular formula is C14H19NO. The Morgan fingerprint density at radius 3 is 2.94 bits per heavy atom. The summed E-state index contributed by atoms with van der Waals surface area (Å²) in [7, 11) is 1.92. The maximum absolute atomic E-state index is 11.9. The van der Waals surface area contributed by atoms with Crippen molar-refractivity contribution in [1.82, 2.24) is 5.32 Å². The van der Waals surface area contributed by atoms with Crippen LogP contribution in [-0.2, 0) is 12.8 Å². The lowest BCUT2D eigenvalue weighted by Gasteiger charge is -2.04. The molecule has 0 heterocycles. The van der Waals surface area contributed by atoms with E-state index in [1.165, 1.54) is 24.0 Å². The number of fused-ring (bicyclic) bond motifs is 1. The van der Waals surface area contributed by atoms with E-state index >= 15 is 0 Å². The summed E-state index contributed by atoms with van der Waals surface area (Å²) in [6, 6.07) is 6.23. The number of aryl methyl sites for hydroxylation is 2. The van der Waals surface area contributed by atoms with Crippen LogP contribution in [0.3, 0.4) is 0 Å². The highest BCUT2D eigenvalue weighted by molar-refractivity contribution is 5.96. The molecule has 0 unspecified atom stereocenters. The van der Waals surface area contributed by atoms with Gasteiger partial charge in [-0.25, -0.2) is 0 Å². The molecule has 86 valence electrons. The maximum Gasteiger partial charge on any atom is 0.162 e. The van der Waals surface area contributed by atoms with E-state index < -0.39 is 0 Å². The summed E-state index contributed by atoms with van der Waals surface area (Å²) in [4.78, 5) is 11.9. The molecule has 1 aliphatic carbocycles. The van der Waals surface area contributed by atoms with Crippen molar-refractivity contribution < 1.29 is 4.79 Å². The molecule has 0 aliphatic heterocycles. The first-order valence-electron chi connectivity index (χ1n) is 6.11. The van der Waals surface area contributed by atoms with Crippen molar-refractivity contribution in [3.05, 3.63) is 34.9 Å². The van der Waals surface area contributed by atoms with Crippen molar-refractivity contribution in [2.45, 2.75) is 32.1 Å². The summed E-state index contributed by atoms with van der Waals surface area (Å²) in [6.45, 7) is 0.913. The fourth-order valence-electron chi connectivity index (χ4n) is 2.32. The minimum Gasteiger partial charge on any atom is -0.320 e. The smallest absolute Gasteiger partial charge is 0.162 e. The first-order valence-corrected chi connectivity index (χ1v) is 6.11. The van der Waals surface area contributed by atoms with E-state index in [2.05, 4.69) is 17.4 Å². The van der Waals surface area contributed by atoms with Crippen LogP contribution in [0.1, 0.15) is 40.7 Å². The van der Waals surface area contributed by atoms with Gasteiger partial charge in [0.05, 0.1) is 0 Å². The van der Waals surface area contributed by atoms with Gasteiger partial charge in [-0.05, 0) is 56.5 Å². The number of nitrogens with one attached hydrogen (secondary N) is 1. The Bertz CT molecular complexity index is 384. The average molecular weight is 217 g/mol. The molecule has 0 saturated heterocycles. The molecule has 0 atom stereocenters. The van der Waals surface area contributed by atoms with Crippen molar-refractivity contribution >= 4 is 5.78 Å². The highest BCUT2D eigenvalue weighted by Gasteiger charge is 2.13. The third kappa shape index (κ3) is 2.50. The second kappa shape index (κ2) is 5.26. The number of Topliss-reactive ketones (excluding diaryl/α,β-unsaturated/α-hetero) is 1. The minimum atomic E-state index is 0.282. The molecule has 0 fully saturated rings. The second-order valence-corrected chi connectivity index (χ2v) is 4.47. The quantitative estimate of drug-likeness (QED) is 0.606. The zero-order valence-corrected chi connectivity index (χ0v) is 9.88. The summed E-state index contributed by atoms with van der Waals surface area (Å²) in [6.07, 6.45) is 5.15. The lowest BCUT2D eigenvalue weighted by molar-refractivity contribution is 0.0980. The Balaban J connectivity index is 2.01. The monoisotopic (exact) mass is 217 g/mol. The molecule has 0 radical (unpaired) electrons. The van der Waals surface area contributed by atoms with Gasteiger partial charge in [-0.2, -0.15) is 0 Å². The topological polar surface area (TPSA) is 29.1 Å². The van der Waals surface area contributed by atoms with Gasteiger partial charge >= 0.3 is 0 Å². The summed E-state index contributed by atoms with van der Waals surface area (Å²) >= 11 is 0. The summed E-state index contributed by atoms with van der Waals surface area (Å²) in [5.74, 6) is 0.282. The van der Waals surface area contributed by atoms with Crippen molar-refractivity contribution in [2.75, 3.05) is 13.6 Å². The predicted molar refractivity (Wildman–Crippen MR) is 66.0 cm³/mol. The summed E-state index contributed by atoms with van der Waals surface area (Å²) in [5.41, 5.74) is 3.72. The van der Waals surface area contributed by atoms with Gasteiger partial charge in [0.15, 0.2) is 5.78 Å². The Morgan fingerprint density at radius 2 is 2.12 bits per heavy atom. The molecular weight excluding hydrogens is 198 g/mol. The lowest BCUT2D eigenvalue weighted by Crippen LogP contribution is -2.10. The molecule has 1 aliphatic rings. The van der Waals surface area contributed by atoms with Gasteiger partial charge in [-0.15, -0.1) is 0 Å². The standard InChI is InChI=1S/C14H19NO/c1-15-9-3-6-14(16)13-8-7-11-4-2-5-12(11)10-13/h7-8,10,15H,2-6,9H2,1H3. The molecule has 0 amide bonds. The minimum absolute atomic E-state index is 0.282. The van der Waals surface area contributed by atoms with Crippen molar-refractivity contribution in [3.63, 3.8) is 0 Å². The molecule has 2 heteroatoms. The average Bonchev–Trinajstić information content (AvgIpc) is 2.76. The van der Waals surface area contributed by atoms with E-state index in [9.17, 15) is 4.79 Å². The van der Waals surface area contributed by atoms with Crippen LogP contribution < -0.4 is 5.32 Å². The van der Waals surface area contributed by atoms with Crippen LogP contribution in [-0.4, -0.2) is 19.4 Å².